The van der Waals surface area contributed by atoms with E-state index < -0.39 is 23.6 Å². The summed E-state index contributed by atoms with van der Waals surface area (Å²) in [6, 6.07) is 32.5. The molecule has 0 aliphatic carbocycles. The standard InChI is InChI=1S/C31H32NO.C14H14N.Ir/c1-30(2,3)17-21-16-27(32-19-22(21)18-31(4,5)6)26-13-9-12-24-25-15-14-20-10-7-8-11-23(20)28(25)33-29(24)26;1-10-4-6-13(7-5-10)14-8-11(2)12(3)9-15-14;/h7-12,14-16,19H,17-18H2,1-6H3;4-6,8-9H,1-3H3;/q2*-1;/i17D2,18D2;;. The third-order valence-electron chi connectivity index (χ3n) is 8.12. The van der Waals surface area contributed by atoms with Crippen LogP contribution in [0.1, 0.15) is 74.8 Å². The molecular weight excluding hydrogens is 777 g/mol. The van der Waals surface area contributed by atoms with Gasteiger partial charge in [-0.25, -0.2) is 0 Å². The van der Waals surface area contributed by atoms with Crippen molar-refractivity contribution in [3.63, 3.8) is 0 Å². The van der Waals surface area contributed by atoms with Gasteiger partial charge in [0, 0.05) is 48.8 Å². The first-order valence-corrected chi connectivity index (χ1v) is 16.5. The molecule has 0 saturated heterocycles. The number of aryl methyl sites for hydroxylation is 3. The van der Waals surface area contributed by atoms with E-state index >= 15 is 0 Å². The van der Waals surface area contributed by atoms with Gasteiger partial charge in [0.25, 0.3) is 0 Å². The molecule has 253 valence electrons. The molecule has 4 heteroatoms. The first-order chi connectivity index (χ1) is 24.3. The van der Waals surface area contributed by atoms with E-state index in [0.29, 0.717) is 22.4 Å². The van der Waals surface area contributed by atoms with Crippen LogP contribution in [0.3, 0.4) is 0 Å². The van der Waals surface area contributed by atoms with Crippen LogP contribution < -0.4 is 0 Å². The van der Waals surface area contributed by atoms with Gasteiger partial charge in [0.2, 0.25) is 0 Å². The summed E-state index contributed by atoms with van der Waals surface area (Å²) in [7, 11) is 0. The molecule has 49 heavy (non-hydrogen) atoms. The molecule has 7 rings (SSSR count). The van der Waals surface area contributed by atoms with Crippen molar-refractivity contribution in [2.24, 2.45) is 10.8 Å². The molecule has 0 amide bonds. The average molecular weight is 827 g/mol. The summed E-state index contributed by atoms with van der Waals surface area (Å²) in [6.07, 6.45) is -0.209. The molecule has 0 aliphatic heterocycles. The van der Waals surface area contributed by atoms with Gasteiger partial charge >= 0.3 is 0 Å². The van der Waals surface area contributed by atoms with Gasteiger partial charge in [-0.1, -0.05) is 114 Å². The van der Waals surface area contributed by atoms with Crippen molar-refractivity contribution in [3.05, 3.63) is 131 Å². The Labute approximate surface area is 311 Å². The second kappa shape index (κ2) is 14.4. The quantitative estimate of drug-likeness (QED) is 0.166. The van der Waals surface area contributed by atoms with Gasteiger partial charge in [-0.2, -0.15) is 0 Å². The molecule has 4 aromatic carbocycles. The number of hydrogen-bond donors (Lipinski definition) is 0. The van der Waals surface area contributed by atoms with Crippen LogP contribution in [-0.2, 0) is 32.9 Å². The Morgan fingerprint density at radius 2 is 1.37 bits per heavy atom. The van der Waals surface area contributed by atoms with E-state index in [-0.39, 0.29) is 25.7 Å². The zero-order chi connectivity index (χ0) is 37.8. The Bertz CT molecular complexity index is 2420. The summed E-state index contributed by atoms with van der Waals surface area (Å²) in [6.45, 7) is 17.2. The molecule has 3 nitrogen and oxygen atoms in total. The molecule has 0 bridgehead atoms. The second-order valence-electron chi connectivity index (χ2n) is 14.7. The fourth-order valence-electron chi connectivity index (χ4n) is 5.70. The summed E-state index contributed by atoms with van der Waals surface area (Å²) >= 11 is 0. The molecule has 3 aromatic heterocycles. The van der Waals surface area contributed by atoms with Gasteiger partial charge in [0.1, 0.15) is 5.58 Å². The summed E-state index contributed by atoms with van der Waals surface area (Å²) in [5.74, 6) is 0. The molecule has 3 heterocycles. The number of benzene rings is 4. The van der Waals surface area contributed by atoms with Crippen LogP contribution in [0, 0.1) is 43.7 Å². The van der Waals surface area contributed by atoms with Crippen molar-refractivity contribution >= 4 is 32.7 Å². The van der Waals surface area contributed by atoms with Crippen molar-refractivity contribution in [2.75, 3.05) is 0 Å². The first kappa shape index (κ1) is 30.9. The fraction of sp³-hybridized carbons (Fsp3) is 0.289. The molecule has 0 fully saturated rings. The third-order valence-corrected chi connectivity index (χ3v) is 8.12. The number of aromatic nitrogens is 2. The monoisotopic (exact) mass is 827 g/mol. The Morgan fingerprint density at radius 3 is 2.06 bits per heavy atom. The van der Waals surface area contributed by atoms with E-state index in [0.717, 1.165) is 38.4 Å². The van der Waals surface area contributed by atoms with E-state index in [9.17, 15) is 0 Å². The third kappa shape index (κ3) is 8.38. The fourth-order valence-corrected chi connectivity index (χ4v) is 5.70. The summed E-state index contributed by atoms with van der Waals surface area (Å²) in [5.41, 5.74) is 7.38. The second-order valence-corrected chi connectivity index (χ2v) is 14.7. The van der Waals surface area contributed by atoms with Crippen molar-refractivity contribution < 1.29 is 30.0 Å². The average Bonchev–Trinajstić information content (AvgIpc) is 3.48. The van der Waals surface area contributed by atoms with Gasteiger partial charge in [-0.05, 0) is 70.9 Å². The molecule has 0 aliphatic rings. The zero-order valence-corrected chi connectivity index (χ0v) is 32.2. The largest absolute Gasteiger partial charge is 0.500 e. The number of rotatable bonds is 4. The van der Waals surface area contributed by atoms with Gasteiger partial charge in [0.15, 0.2) is 0 Å². The zero-order valence-electron chi connectivity index (χ0n) is 33.8. The molecule has 0 N–H and O–H groups in total. The van der Waals surface area contributed by atoms with Crippen LogP contribution in [0.5, 0.6) is 0 Å². The predicted octanol–water partition coefficient (Wildman–Crippen LogP) is 12.3. The Morgan fingerprint density at radius 1 is 0.673 bits per heavy atom. The molecule has 1 radical (unpaired) electrons. The molecule has 0 unspecified atom stereocenters. The van der Waals surface area contributed by atoms with Crippen molar-refractivity contribution in [1.82, 2.24) is 9.97 Å². The number of nitrogens with zero attached hydrogens (tertiary/aromatic N) is 2. The number of hydrogen-bond acceptors (Lipinski definition) is 3. The maximum atomic E-state index is 9.08. The van der Waals surface area contributed by atoms with Gasteiger partial charge in [-0.15, -0.1) is 53.6 Å². The summed E-state index contributed by atoms with van der Waals surface area (Å²) in [4.78, 5) is 9.08. The minimum atomic E-state index is -1.82. The predicted molar refractivity (Wildman–Crippen MR) is 202 cm³/mol. The van der Waals surface area contributed by atoms with Crippen LogP contribution in [0.25, 0.3) is 55.2 Å². The van der Waals surface area contributed by atoms with Crippen LogP contribution in [0.2, 0.25) is 0 Å². The molecular formula is C45H46IrN2O-2. The summed E-state index contributed by atoms with van der Waals surface area (Å²) < 4.78 is 42.5. The summed E-state index contributed by atoms with van der Waals surface area (Å²) in [5, 5.41) is 4.04. The van der Waals surface area contributed by atoms with Gasteiger partial charge < -0.3 is 14.4 Å². The maximum absolute atomic E-state index is 9.08. The minimum Gasteiger partial charge on any atom is -0.500 e. The number of furan rings is 1. The van der Waals surface area contributed by atoms with E-state index in [1.165, 1.54) is 22.9 Å². The SMILES string of the molecule is Cc1c[c-]c(-c2cc(C)c(C)cn2)cc1.[2H]C([2H])(c1cnc(-c2[c-]ccc3c2oc2c4ccccc4ccc32)cc1C([2H])([2H])C(C)(C)C)C(C)(C)C.[Ir]. The minimum absolute atomic E-state index is 0. The topological polar surface area (TPSA) is 38.9 Å². The van der Waals surface area contributed by atoms with E-state index in [1.807, 2.05) is 84.1 Å². The van der Waals surface area contributed by atoms with Crippen LogP contribution in [0.15, 0.2) is 95.7 Å². The van der Waals surface area contributed by atoms with Crippen LogP contribution in [0.4, 0.5) is 0 Å². The molecule has 0 saturated carbocycles. The van der Waals surface area contributed by atoms with Crippen molar-refractivity contribution in [3.8, 4) is 22.5 Å². The van der Waals surface area contributed by atoms with Gasteiger partial charge in [-0.3, -0.25) is 0 Å². The van der Waals surface area contributed by atoms with Crippen molar-refractivity contribution in [2.45, 2.75) is 75.1 Å². The van der Waals surface area contributed by atoms with E-state index in [2.05, 4.69) is 79.3 Å². The Kier molecular flexibility index (Phi) is 9.08. The van der Waals surface area contributed by atoms with E-state index in [4.69, 9.17) is 9.90 Å². The van der Waals surface area contributed by atoms with Crippen molar-refractivity contribution in [1.29, 1.82) is 0 Å². The number of fused-ring (bicyclic) bond motifs is 5. The normalized spacial score (nSPS) is 13.6. The molecule has 7 aromatic rings. The maximum Gasteiger partial charge on any atom is 0.128 e. The van der Waals surface area contributed by atoms with Gasteiger partial charge in [0.05, 0.1) is 5.58 Å². The number of pyridine rings is 2. The smallest absolute Gasteiger partial charge is 0.128 e. The Hall–Kier alpha value is -4.11. The van der Waals surface area contributed by atoms with E-state index in [1.54, 1.807) is 6.07 Å². The van der Waals surface area contributed by atoms with Crippen LogP contribution in [-0.4, -0.2) is 9.97 Å². The molecule has 0 atom stereocenters. The van der Waals surface area contributed by atoms with Crippen LogP contribution >= 0.6 is 0 Å². The molecule has 0 spiro atoms. The Balaban J connectivity index is 0.000000283. The first-order valence-electron chi connectivity index (χ1n) is 18.5.